The molecule has 0 spiro atoms. The van der Waals surface area contributed by atoms with Gasteiger partial charge in [-0.25, -0.2) is 4.98 Å². The number of benzene rings is 1. The molecule has 0 saturated heterocycles. The lowest BCUT2D eigenvalue weighted by atomic mass is 9.87. The predicted octanol–water partition coefficient (Wildman–Crippen LogP) is 5.71. The zero-order chi connectivity index (χ0) is 15.1. The van der Waals surface area contributed by atoms with E-state index in [0.29, 0.717) is 0 Å². The van der Waals surface area contributed by atoms with Gasteiger partial charge < -0.3 is 0 Å². The van der Waals surface area contributed by atoms with Crippen LogP contribution >= 0.6 is 11.3 Å². The molecule has 108 valence electrons. The van der Waals surface area contributed by atoms with Crippen LogP contribution < -0.4 is 0 Å². The number of thiazole rings is 1. The minimum absolute atomic E-state index is 0.115. The summed E-state index contributed by atoms with van der Waals surface area (Å²) in [5, 5.41) is 1.13. The molecule has 0 atom stereocenters. The van der Waals surface area contributed by atoms with Gasteiger partial charge in [0.15, 0.2) is 0 Å². The molecule has 0 fully saturated rings. The van der Waals surface area contributed by atoms with Crippen LogP contribution in [0.15, 0.2) is 24.3 Å². The van der Waals surface area contributed by atoms with Crippen molar-refractivity contribution >= 4 is 11.3 Å². The first-order valence-corrected chi connectivity index (χ1v) is 7.99. The number of aryl methyl sites for hydroxylation is 1. The lowest BCUT2D eigenvalue weighted by Gasteiger charge is -2.19. The Labute approximate surface area is 127 Å². The Morgan fingerprint density at radius 1 is 0.850 bits per heavy atom. The van der Waals surface area contributed by atoms with Gasteiger partial charge in [0.2, 0.25) is 0 Å². The van der Waals surface area contributed by atoms with Crippen molar-refractivity contribution < 1.29 is 0 Å². The Morgan fingerprint density at radius 2 is 1.40 bits per heavy atom. The van der Waals surface area contributed by atoms with Gasteiger partial charge >= 0.3 is 0 Å². The Morgan fingerprint density at radius 3 is 1.80 bits per heavy atom. The summed E-state index contributed by atoms with van der Waals surface area (Å²) in [5.74, 6) is 0. The average Bonchev–Trinajstić information content (AvgIpc) is 2.70. The van der Waals surface area contributed by atoms with Crippen molar-refractivity contribution in [3.63, 3.8) is 0 Å². The highest BCUT2D eigenvalue weighted by molar-refractivity contribution is 7.15. The molecule has 1 aromatic carbocycles. The van der Waals surface area contributed by atoms with Crippen LogP contribution in [0.25, 0.3) is 10.6 Å². The highest BCUT2D eigenvalue weighted by Gasteiger charge is 2.21. The lowest BCUT2D eigenvalue weighted by molar-refractivity contribution is 0.570. The molecular formula is C18H25NS. The van der Waals surface area contributed by atoms with E-state index in [2.05, 4.69) is 72.7 Å². The van der Waals surface area contributed by atoms with E-state index in [0.717, 1.165) is 5.01 Å². The molecular weight excluding hydrogens is 262 g/mol. The first-order chi connectivity index (χ1) is 9.09. The fraction of sp³-hybridized carbons (Fsp3) is 0.500. The molecule has 0 unspecified atom stereocenters. The lowest BCUT2D eigenvalue weighted by Crippen LogP contribution is -2.13. The zero-order valence-electron chi connectivity index (χ0n) is 13.7. The topological polar surface area (TPSA) is 12.9 Å². The molecule has 2 aromatic rings. The number of rotatable bonds is 1. The van der Waals surface area contributed by atoms with Gasteiger partial charge in [-0.2, -0.15) is 0 Å². The fourth-order valence-corrected chi connectivity index (χ4v) is 3.46. The second kappa shape index (κ2) is 5.00. The summed E-state index contributed by atoms with van der Waals surface area (Å²) in [7, 11) is 0. The van der Waals surface area contributed by atoms with Crippen LogP contribution in [-0.2, 0) is 10.8 Å². The number of hydrogen-bond acceptors (Lipinski definition) is 2. The van der Waals surface area contributed by atoms with Gasteiger partial charge in [0.25, 0.3) is 0 Å². The van der Waals surface area contributed by atoms with Crippen LogP contribution in [-0.4, -0.2) is 4.98 Å². The predicted molar refractivity (Wildman–Crippen MR) is 89.7 cm³/mol. The van der Waals surface area contributed by atoms with Crippen LogP contribution in [0.4, 0.5) is 0 Å². The van der Waals surface area contributed by atoms with Gasteiger partial charge in [-0.15, -0.1) is 11.3 Å². The summed E-state index contributed by atoms with van der Waals surface area (Å²) in [4.78, 5) is 6.19. The molecule has 1 aromatic heterocycles. The first-order valence-electron chi connectivity index (χ1n) is 7.18. The van der Waals surface area contributed by atoms with Crippen molar-refractivity contribution in [2.75, 3.05) is 0 Å². The highest BCUT2D eigenvalue weighted by atomic mass is 32.1. The summed E-state index contributed by atoms with van der Waals surface area (Å²) in [6.07, 6.45) is 0. The molecule has 2 rings (SSSR count). The second-order valence-corrected chi connectivity index (χ2v) is 8.70. The molecule has 0 N–H and O–H groups in total. The number of nitrogens with zero attached hydrogens (tertiary/aromatic N) is 1. The largest absolute Gasteiger partial charge is 0.240 e. The Hall–Kier alpha value is -1.15. The van der Waals surface area contributed by atoms with E-state index >= 15 is 0 Å². The van der Waals surface area contributed by atoms with Crippen molar-refractivity contribution in [2.24, 2.45) is 0 Å². The third kappa shape index (κ3) is 3.12. The fourth-order valence-electron chi connectivity index (χ4n) is 2.33. The van der Waals surface area contributed by atoms with Gasteiger partial charge in [-0.3, -0.25) is 0 Å². The van der Waals surface area contributed by atoms with E-state index in [4.69, 9.17) is 4.98 Å². The van der Waals surface area contributed by atoms with E-state index in [-0.39, 0.29) is 10.8 Å². The SMILES string of the molecule is Cc1sc(-c2ccc(C(C)(C)C)cc2)nc1C(C)(C)C. The average molecular weight is 287 g/mol. The Bertz CT molecular complexity index is 592. The van der Waals surface area contributed by atoms with Gasteiger partial charge in [-0.1, -0.05) is 65.8 Å². The van der Waals surface area contributed by atoms with Crippen LogP contribution in [0.1, 0.15) is 57.7 Å². The molecule has 0 radical (unpaired) electrons. The standard InChI is InChI=1S/C18H25NS/c1-12-15(18(5,6)7)19-16(20-12)13-8-10-14(11-9-13)17(2,3)4/h8-11H,1-7H3. The van der Waals surface area contributed by atoms with Crippen molar-refractivity contribution in [3.05, 3.63) is 40.4 Å². The third-order valence-corrected chi connectivity index (χ3v) is 4.52. The molecule has 20 heavy (non-hydrogen) atoms. The van der Waals surface area contributed by atoms with Gasteiger partial charge in [-0.05, 0) is 17.9 Å². The molecule has 0 aliphatic heterocycles. The minimum atomic E-state index is 0.115. The monoisotopic (exact) mass is 287 g/mol. The zero-order valence-corrected chi connectivity index (χ0v) is 14.5. The maximum Gasteiger partial charge on any atom is 0.123 e. The van der Waals surface area contributed by atoms with Crippen molar-refractivity contribution in [3.8, 4) is 10.6 Å². The molecule has 0 amide bonds. The second-order valence-electron chi connectivity index (χ2n) is 7.50. The molecule has 0 aliphatic carbocycles. The first kappa shape index (κ1) is 15.2. The maximum atomic E-state index is 4.86. The summed E-state index contributed by atoms with van der Waals surface area (Å²) in [6.45, 7) is 15.6. The van der Waals surface area contributed by atoms with Crippen LogP contribution in [0.5, 0.6) is 0 Å². The summed E-state index contributed by atoms with van der Waals surface area (Å²) in [6, 6.07) is 8.85. The van der Waals surface area contributed by atoms with Crippen molar-refractivity contribution in [2.45, 2.75) is 59.3 Å². The van der Waals surface area contributed by atoms with Crippen molar-refractivity contribution in [1.29, 1.82) is 0 Å². The molecule has 1 nitrogen and oxygen atoms in total. The number of aromatic nitrogens is 1. The normalized spacial score (nSPS) is 12.8. The van der Waals surface area contributed by atoms with Crippen LogP contribution in [0, 0.1) is 6.92 Å². The van der Waals surface area contributed by atoms with Crippen LogP contribution in [0.2, 0.25) is 0 Å². The Kier molecular flexibility index (Phi) is 3.81. The molecule has 1 heterocycles. The minimum Gasteiger partial charge on any atom is -0.240 e. The maximum absolute atomic E-state index is 4.86. The van der Waals surface area contributed by atoms with E-state index in [1.807, 2.05) is 0 Å². The quantitative estimate of drug-likeness (QED) is 0.654. The third-order valence-electron chi connectivity index (χ3n) is 3.50. The molecule has 0 saturated carbocycles. The van der Waals surface area contributed by atoms with E-state index in [9.17, 15) is 0 Å². The molecule has 2 heteroatoms. The summed E-state index contributed by atoms with van der Waals surface area (Å²) < 4.78 is 0. The molecule has 0 bridgehead atoms. The highest BCUT2D eigenvalue weighted by Crippen LogP contribution is 2.34. The Balaban J connectivity index is 2.38. The van der Waals surface area contributed by atoms with Crippen molar-refractivity contribution in [1.82, 2.24) is 4.98 Å². The van der Waals surface area contributed by atoms with E-state index in [1.165, 1.54) is 21.7 Å². The van der Waals surface area contributed by atoms with Gasteiger partial charge in [0.05, 0.1) is 5.69 Å². The van der Waals surface area contributed by atoms with Crippen LogP contribution in [0.3, 0.4) is 0 Å². The summed E-state index contributed by atoms with van der Waals surface area (Å²) in [5.41, 5.74) is 4.13. The van der Waals surface area contributed by atoms with E-state index < -0.39 is 0 Å². The van der Waals surface area contributed by atoms with Gasteiger partial charge in [0.1, 0.15) is 5.01 Å². The number of hydrogen-bond donors (Lipinski definition) is 0. The van der Waals surface area contributed by atoms with E-state index in [1.54, 1.807) is 11.3 Å². The smallest absolute Gasteiger partial charge is 0.123 e. The van der Waals surface area contributed by atoms with Gasteiger partial charge in [0, 0.05) is 15.9 Å². The summed E-state index contributed by atoms with van der Waals surface area (Å²) >= 11 is 1.80. The molecule has 0 aliphatic rings.